The van der Waals surface area contributed by atoms with Gasteiger partial charge in [-0.1, -0.05) is 61.1 Å². The first-order valence-electron chi connectivity index (χ1n) is 8.78. The first-order valence-corrected chi connectivity index (χ1v) is 10.4. The van der Waals surface area contributed by atoms with Gasteiger partial charge in [0.2, 0.25) is 5.91 Å². The number of thiocarbonyl (C=S) groups is 1. The highest BCUT2D eigenvalue weighted by Crippen LogP contribution is 2.30. The quantitative estimate of drug-likeness (QED) is 0.400. The van der Waals surface area contributed by atoms with Crippen LogP contribution in [0.5, 0.6) is 0 Å². The molecule has 2 N–H and O–H groups in total. The van der Waals surface area contributed by atoms with Gasteiger partial charge in [0.25, 0.3) is 0 Å². The van der Waals surface area contributed by atoms with Crippen LogP contribution in [0.2, 0.25) is 5.02 Å². The number of nitrogens with zero attached hydrogens (tertiary/aromatic N) is 1. The van der Waals surface area contributed by atoms with Gasteiger partial charge in [-0.25, -0.2) is 4.98 Å². The number of thiazole rings is 1. The molecule has 4 nitrogen and oxygen atoms in total. The molecule has 144 valence electrons. The minimum atomic E-state index is -0.301. The summed E-state index contributed by atoms with van der Waals surface area (Å²) in [6.07, 6.45) is 3.21. The molecule has 0 bridgehead atoms. The van der Waals surface area contributed by atoms with Crippen LogP contribution < -0.4 is 10.6 Å². The molecule has 0 aliphatic carbocycles. The second-order valence-electron chi connectivity index (χ2n) is 6.69. The zero-order valence-electron chi connectivity index (χ0n) is 15.7. The van der Waals surface area contributed by atoms with E-state index in [9.17, 15) is 4.79 Å². The summed E-state index contributed by atoms with van der Waals surface area (Å²) in [5.74, 6) is 0.178. The van der Waals surface area contributed by atoms with Crippen molar-refractivity contribution in [3.05, 3.63) is 64.2 Å². The van der Waals surface area contributed by atoms with Crippen LogP contribution in [-0.2, 0) is 4.79 Å². The summed E-state index contributed by atoms with van der Waals surface area (Å²) in [4.78, 5) is 16.5. The molecule has 0 fully saturated rings. The molecule has 3 aromatic rings. The summed E-state index contributed by atoms with van der Waals surface area (Å²) >= 11 is 12.8. The van der Waals surface area contributed by atoms with Gasteiger partial charge in [-0.3, -0.25) is 10.1 Å². The lowest BCUT2D eigenvalue weighted by Gasteiger charge is -2.05. The minimum Gasteiger partial charge on any atom is -0.308 e. The Balaban J connectivity index is 1.59. The van der Waals surface area contributed by atoms with Gasteiger partial charge in [0, 0.05) is 11.1 Å². The van der Waals surface area contributed by atoms with Gasteiger partial charge >= 0.3 is 0 Å². The van der Waals surface area contributed by atoms with E-state index in [1.165, 1.54) is 23.0 Å². The largest absolute Gasteiger partial charge is 0.308 e. The van der Waals surface area contributed by atoms with Crippen molar-refractivity contribution >= 4 is 67.6 Å². The van der Waals surface area contributed by atoms with Crippen LogP contribution in [0.4, 0.5) is 5.13 Å². The van der Waals surface area contributed by atoms with E-state index in [0.717, 1.165) is 21.3 Å². The first-order chi connectivity index (χ1) is 13.3. The zero-order chi connectivity index (χ0) is 20.3. The average molecular weight is 430 g/mol. The topological polar surface area (TPSA) is 54.0 Å². The Kier molecular flexibility index (Phi) is 6.44. The van der Waals surface area contributed by atoms with Gasteiger partial charge in [-0.05, 0) is 60.0 Å². The molecule has 1 heterocycles. The lowest BCUT2D eigenvalue weighted by molar-refractivity contribution is -0.115. The Morgan fingerprint density at radius 3 is 2.64 bits per heavy atom. The molecule has 0 saturated heterocycles. The number of aromatic nitrogens is 1. The Labute approximate surface area is 178 Å². The van der Waals surface area contributed by atoms with Gasteiger partial charge in [0.05, 0.1) is 10.2 Å². The maximum absolute atomic E-state index is 12.1. The highest BCUT2D eigenvalue weighted by Gasteiger charge is 2.09. The molecule has 0 radical (unpaired) electrons. The maximum Gasteiger partial charge on any atom is 0.250 e. The van der Waals surface area contributed by atoms with E-state index in [2.05, 4.69) is 41.6 Å². The van der Waals surface area contributed by atoms with Crippen molar-refractivity contribution in [1.82, 2.24) is 10.3 Å². The smallest absolute Gasteiger partial charge is 0.250 e. The summed E-state index contributed by atoms with van der Waals surface area (Å²) < 4.78 is 1.00. The number of rotatable bonds is 4. The zero-order valence-corrected chi connectivity index (χ0v) is 18.1. The molecule has 3 rings (SSSR count). The van der Waals surface area contributed by atoms with E-state index in [1.54, 1.807) is 6.08 Å². The van der Waals surface area contributed by atoms with Crippen molar-refractivity contribution in [1.29, 1.82) is 0 Å². The molecule has 28 heavy (non-hydrogen) atoms. The van der Waals surface area contributed by atoms with Crippen LogP contribution in [0.15, 0.2) is 42.5 Å². The Morgan fingerprint density at radius 1 is 1.25 bits per heavy atom. The molecule has 1 aromatic heterocycles. The highest BCUT2D eigenvalue weighted by atomic mass is 35.5. The third-order valence-electron chi connectivity index (χ3n) is 4.16. The second-order valence-corrected chi connectivity index (χ2v) is 8.53. The lowest BCUT2D eigenvalue weighted by atomic mass is 10.0. The highest BCUT2D eigenvalue weighted by molar-refractivity contribution is 7.80. The molecule has 0 aliphatic heterocycles. The fourth-order valence-corrected chi connectivity index (χ4v) is 3.92. The SMILES string of the molecule is Cc1cc2sc(NC(=S)NC(=O)/C=C/c3ccc(C(C)C)cc3)nc2cc1Cl. The maximum atomic E-state index is 12.1. The number of carbonyl (C=O) groups is 1. The van der Waals surface area contributed by atoms with Crippen LogP contribution in [0.1, 0.15) is 36.5 Å². The number of amides is 1. The van der Waals surface area contributed by atoms with Crippen LogP contribution in [-0.4, -0.2) is 16.0 Å². The third kappa shape index (κ3) is 5.16. The van der Waals surface area contributed by atoms with Crippen LogP contribution >= 0.6 is 35.2 Å². The van der Waals surface area contributed by atoms with Crippen LogP contribution in [0.25, 0.3) is 16.3 Å². The molecule has 0 spiro atoms. The van der Waals surface area contributed by atoms with Gasteiger partial charge in [-0.15, -0.1) is 0 Å². The van der Waals surface area contributed by atoms with E-state index >= 15 is 0 Å². The molecule has 7 heteroatoms. The molecular formula is C21H20ClN3OS2. The Hall–Kier alpha value is -2.28. The van der Waals surface area contributed by atoms with Gasteiger partial charge < -0.3 is 5.32 Å². The number of halogens is 1. The van der Waals surface area contributed by atoms with E-state index in [0.29, 0.717) is 16.1 Å². The number of fused-ring (bicyclic) bond motifs is 1. The molecular weight excluding hydrogens is 410 g/mol. The van der Waals surface area contributed by atoms with Crippen molar-refractivity contribution in [2.75, 3.05) is 5.32 Å². The lowest BCUT2D eigenvalue weighted by Crippen LogP contribution is -2.32. The molecule has 0 unspecified atom stereocenters. The third-order valence-corrected chi connectivity index (χ3v) is 5.70. The average Bonchev–Trinajstić information content (AvgIpc) is 3.01. The van der Waals surface area contributed by atoms with E-state index in [-0.39, 0.29) is 11.0 Å². The number of nitrogens with one attached hydrogen (secondary N) is 2. The molecule has 2 aromatic carbocycles. The Bertz CT molecular complexity index is 1020. The summed E-state index contributed by atoms with van der Waals surface area (Å²) in [5, 5.41) is 7.06. The number of aryl methyl sites for hydroxylation is 1. The predicted molar refractivity (Wildman–Crippen MR) is 123 cm³/mol. The van der Waals surface area contributed by atoms with Crippen LogP contribution in [0, 0.1) is 6.92 Å². The molecule has 0 aliphatic rings. The fourth-order valence-electron chi connectivity index (χ4n) is 2.55. The number of hydrogen-bond acceptors (Lipinski definition) is 4. The summed E-state index contributed by atoms with van der Waals surface area (Å²) in [5.41, 5.74) is 4.00. The summed E-state index contributed by atoms with van der Waals surface area (Å²) in [6, 6.07) is 11.9. The number of hydrogen-bond donors (Lipinski definition) is 2. The van der Waals surface area contributed by atoms with Crippen molar-refractivity contribution in [2.24, 2.45) is 0 Å². The van der Waals surface area contributed by atoms with Crippen molar-refractivity contribution in [3.63, 3.8) is 0 Å². The van der Waals surface area contributed by atoms with Crippen LogP contribution in [0.3, 0.4) is 0 Å². The first kappa shape index (κ1) is 20.5. The number of carbonyl (C=O) groups excluding carboxylic acids is 1. The van der Waals surface area contributed by atoms with E-state index in [4.69, 9.17) is 23.8 Å². The van der Waals surface area contributed by atoms with Gasteiger partial charge in [0.1, 0.15) is 0 Å². The standard InChI is InChI=1S/C21H20ClN3OS2/c1-12(2)15-7-4-14(5-8-15)6-9-19(26)24-20(27)25-21-23-17-11-16(22)13(3)10-18(17)28-21/h4-12H,1-3H3,(H2,23,24,25,26,27)/b9-6+. The second kappa shape index (κ2) is 8.82. The molecule has 0 atom stereocenters. The minimum absolute atomic E-state index is 0.201. The molecule has 1 amide bonds. The fraction of sp³-hybridized carbons (Fsp3) is 0.190. The number of benzene rings is 2. The molecule has 0 saturated carbocycles. The Morgan fingerprint density at radius 2 is 1.96 bits per heavy atom. The summed E-state index contributed by atoms with van der Waals surface area (Å²) in [6.45, 7) is 6.24. The van der Waals surface area contributed by atoms with Crippen molar-refractivity contribution < 1.29 is 4.79 Å². The number of anilines is 1. The van der Waals surface area contributed by atoms with E-state index in [1.807, 2.05) is 31.2 Å². The summed E-state index contributed by atoms with van der Waals surface area (Å²) in [7, 11) is 0. The van der Waals surface area contributed by atoms with Crippen molar-refractivity contribution in [2.45, 2.75) is 26.7 Å². The normalized spacial score (nSPS) is 11.3. The van der Waals surface area contributed by atoms with Gasteiger partial charge in [0.15, 0.2) is 10.2 Å². The van der Waals surface area contributed by atoms with Gasteiger partial charge in [-0.2, -0.15) is 0 Å². The predicted octanol–water partition coefficient (Wildman–Crippen LogP) is 5.91. The van der Waals surface area contributed by atoms with E-state index < -0.39 is 0 Å². The van der Waals surface area contributed by atoms with Crippen molar-refractivity contribution in [3.8, 4) is 0 Å². The monoisotopic (exact) mass is 429 g/mol.